The zero-order valence-corrected chi connectivity index (χ0v) is 13.1. The van der Waals surface area contributed by atoms with Gasteiger partial charge in [-0.3, -0.25) is 9.89 Å². The van der Waals surface area contributed by atoms with E-state index in [-0.39, 0.29) is 5.91 Å². The normalized spacial score (nSPS) is 24.3. The molecular weight excluding hydrogens is 288 g/mol. The third-order valence-electron chi connectivity index (χ3n) is 5.12. The maximum atomic E-state index is 12.4. The first-order valence-corrected chi connectivity index (χ1v) is 8.42. The number of aromatic amines is 1. The van der Waals surface area contributed by atoms with E-state index in [1.807, 2.05) is 30.5 Å². The highest BCUT2D eigenvalue weighted by molar-refractivity contribution is 5.95. The summed E-state index contributed by atoms with van der Waals surface area (Å²) >= 11 is 0. The summed E-state index contributed by atoms with van der Waals surface area (Å²) in [4.78, 5) is 12.4. The minimum atomic E-state index is 0.0465. The van der Waals surface area contributed by atoms with E-state index in [9.17, 15) is 4.79 Å². The van der Waals surface area contributed by atoms with Gasteiger partial charge in [-0.2, -0.15) is 5.10 Å². The predicted octanol–water partition coefficient (Wildman–Crippen LogP) is 2.19. The molecule has 0 spiro atoms. The zero-order valence-electron chi connectivity index (χ0n) is 13.1. The van der Waals surface area contributed by atoms with Gasteiger partial charge in [-0.1, -0.05) is 12.1 Å². The fourth-order valence-electron chi connectivity index (χ4n) is 3.65. The number of aromatic nitrogens is 2. The van der Waals surface area contributed by atoms with Gasteiger partial charge in [0.1, 0.15) is 0 Å². The molecule has 0 bridgehead atoms. The number of hydrogen-bond donors (Lipinski definition) is 3. The van der Waals surface area contributed by atoms with E-state index >= 15 is 0 Å². The fraction of sp³-hybridized carbons (Fsp3) is 0.444. The number of hydrogen-bond acceptors (Lipinski definition) is 3. The molecule has 0 radical (unpaired) electrons. The van der Waals surface area contributed by atoms with Gasteiger partial charge in [-0.05, 0) is 61.9 Å². The maximum Gasteiger partial charge on any atom is 0.251 e. The Morgan fingerprint density at radius 2 is 1.91 bits per heavy atom. The number of nitrogens with one attached hydrogen (secondary N) is 3. The van der Waals surface area contributed by atoms with Crippen LogP contribution in [-0.4, -0.2) is 35.2 Å². The van der Waals surface area contributed by atoms with E-state index < -0.39 is 0 Å². The van der Waals surface area contributed by atoms with Crippen LogP contribution in [0.15, 0.2) is 36.7 Å². The maximum absolute atomic E-state index is 12.4. The molecule has 5 heteroatoms. The van der Waals surface area contributed by atoms with E-state index in [4.69, 9.17) is 0 Å². The fourth-order valence-corrected chi connectivity index (χ4v) is 3.65. The lowest BCUT2D eigenvalue weighted by molar-refractivity contribution is 0.0947. The van der Waals surface area contributed by atoms with Crippen molar-refractivity contribution in [3.05, 3.63) is 42.2 Å². The molecule has 3 N–H and O–H groups in total. The van der Waals surface area contributed by atoms with Crippen molar-refractivity contribution < 1.29 is 4.79 Å². The molecular formula is C18H22N4O. The second-order valence-corrected chi connectivity index (χ2v) is 6.63. The van der Waals surface area contributed by atoms with Gasteiger partial charge in [0.15, 0.2) is 0 Å². The third kappa shape index (κ3) is 3.15. The first-order valence-electron chi connectivity index (χ1n) is 8.42. The molecule has 4 rings (SSSR count). The van der Waals surface area contributed by atoms with Crippen LogP contribution in [0.3, 0.4) is 0 Å². The second kappa shape index (κ2) is 6.16. The predicted molar refractivity (Wildman–Crippen MR) is 89.0 cm³/mol. The van der Waals surface area contributed by atoms with Gasteiger partial charge < -0.3 is 10.6 Å². The van der Waals surface area contributed by atoms with Gasteiger partial charge in [-0.25, -0.2) is 0 Å². The lowest BCUT2D eigenvalue weighted by Crippen LogP contribution is -2.32. The summed E-state index contributed by atoms with van der Waals surface area (Å²) < 4.78 is 0. The number of carbonyl (C=O) groups is 1. The van der Waals surface area contributed by atoms with E-state index in [1.54, 1.807) is 6.20 Å². The van der Waals surface area contributed by atoms with E-state index in [2.05, 4.69) is 20.8 Å². The van der Waals surface area contributed by atoms with E-state index in [0.29, 0.717) is 12.0 Å². The molecule has 1 aliphatic heterocycles. The molecule has 1 aliphatic carbocycles. The van der Waals surface area contributed by atoms with Gasteiger partial charge >= 0.3 is 0 Å². The van der Waals surface area contributed by atoms with Gasteiger partial charge in [0.05, 0.1) is 6.20 Å². The average Bonchev–Trinajstić information content (AvgIpc) is 3.15. The number of piperidine rings is 1. The lowest BCUT2D eigenvalue weighted by Gasteiger charge is -2.22. The third-order valence-corrected chi connectivity index (χ3v) is 5.12. The topological polar surface area (TPSA) is 69.8 Å². The van der Waals surface area contributed by atoms with Crippen molar-refractivity contribution >= 4 is 5.91 Å². The van der Waals surface area contributed by atoms with Gasteiger partial charge in [0, 0.05) is 23.4 Å². The molecule has 1 saturated carbocycles. The standard InChI is InChI=1S/C18H22N4O/c23-18(22-17-9-16(17)13-5-7-19-8-6-13)14-3-1-12(2-4-14)15-10-20-21-11-15/h1-4,10-11,13,16-17,19H,5-9H2,(H,20,21)(H,22,23)/t16-,17+/m0/s1. The van der Waals surface area contributed by atoms with Crippen LogP contribution in [0.2, 0.25) is 0 Å². The summed E-state index contributed by atoms with van der Waals surface area (Å²) in [5.74, 6) is 1.52. The van der Waals surface area contributed by atoms with Crippen molar-refractivity contribution in [2.45, 2.75) is 25.3 Å². The SMILES string of the molecule is O=C(N[C@@H]1C[C@H]1C1CCNCC1)c1ccc(-c2cn[nH]c2)cc1. The lowest BCUT2D eigenvalue weighted by atomic mass is 9.93. The molecule has 2 heterocycles. The highest BCUT2D eigenvalue weighted by Gasteiger charge is 2.43. The highest BCUT2D eigenvalue weighted by atomic mass is 16.1. The van der Waals surface area contributed by atoms with Crippen molar-refractivity contribution in [2.24, 2.45) is 11.8 Å². The molecule has 1 saturated heterocycles. The molecule has 2 aromatic rings. The minimum absolute atomic E-state index is 0.0465. The van der Waals surface area contributed by atoms with Crippen LogP contribution in [0.4, 0.5) is 0 Å². The van der Waals surface area contributed by atoms with Crippen molar-refractivity contribution in [3.63, 3.8) is 0 Å². The molecule has 1 amide bonds. The van der Waals surface area contributed by atoms with Crippen LogP contribution < -0.4 is 10.6 Å². The molecule has 0 unspecified atom stereocenters. The number of H-pyrrole nitrogens is 1. The molecule has 2 fully saturated rings. The summed E-state index contributed by atoms with van der Waals surface area (Å²) in [5.41, 5.74) is 2.83. The van der Waals surface area contributed by atoms with Crippen LogP contribution in [0.1, 0.15) is 29.6 Å². The molecule has 120 valence electrons. The quantitative estimate of drug-likeness (QED) is 0.811. The Labute approximate surface area is 135 Å². The number of benzene rings is 1. The molecule has 1 aromatic carbocycles. The van der Waals surface area contributed by atoms with Gasteiger partial charge in [0.25, 0.3) is 5.91 Å². The Kier molecular flexibility index (Phi) is 3.87. The summed E-state index contributed by atoms with van der Waals surface area (Å²) in [7, 11) is 0. The van der Waals surface area contributed by atoms with Crippen molar-refractivity contribution in [3.8, 4) is 11.1 Å². The molecule has 5 nitrogen and oxygen atoms in total. The average molecular weight is 310 g/mol. The number of amides is 1. The van der Waals surface area contributed by atoms with Crippen molar-refractivity contribution in [2.75, 3.05) is 13.1 Å². The second-order valence-electron chi connectivity index (χ2n) is 6.63. The van der Waals surface area contributed by atoms with Crippen LogP contribution in [0.5, 0.6) is 0 Å². The first kappa shape index (κ1) is 14.5. The molecule has 1 aromatic heterocycles. The van der Waals surface area contributed by atoms with Crippen LogP contribution in [0.25, 0.3) is 11.1 Å². The van der Waals surface area contributed by atoms with E-state index in [1.165, 1.54) is 12.8 Å². The summed E-state index contributed by atoms with van der Waals surface area (Å²) in [6, 6.07) is 8.09. The molecule has 2 aliphatic rings. The van der Waals surface area contributed by atoms with Crippen LogP contribution in [-0.2, 0) is 0 Å². The van der Waals surface area contributed by atoms with Crippen LogP contribution >= 0.6 is 0 Å². The molecule has 2 atom stereocenters. The Bertz CT molecular complexity index is 659. The van der Waals surface area contributed by atoms with Crippen molar-refractivity contribution in [1.29, 1.82) is 0 Å². The smallest absolute Gasteiger partial charge is 0.251 e. The molecule has 23 heavy (non-hydrogen) atoms. The van der Waals surface area contributed by atoms with Crippen molar-refractivity contribution in [1.82, 2.24) is 20.8 Å². The summed E-state index contributed by atoms with van der Waals surface area (Å²) in [6.07, 6.45) is 7.27. The Morgan fingerprint density at radius 1 is 1.13 bits per heavy atom. The van der Waals surface area contributed by atoms with Gasteiger partial charge in [-0.15, -0.1) is 0 Å². The zero-order chi connectivity index (χ0) is 15.6. The van der Waals surface area contributed by atoms with E-state index in [0.717, 1.165) is 42.1 Å². The Hall–Kier alpha value is -2.14. The number of carbonyl (C=O) groups excluding carboxylic acids is 1. The van der Waals surface area contributed by atoms with Crippen LogP contribution in [0, 0.1) is 11.8 Å². The minimum Gasteiger partial charge on any atom is -0.349 e. The number of rotatable bonds is 4. The Morgan fingerprint density at radius 3 is 2.61 bits per heavy atom. The highest BCUT2D eigenvalue weighted by Crippen LogP contribution is 2.41. The summed E-state index contributed by atoms with van der Waals surface area (Å²) in [5, 5.41) is 13.3. The first-order chi connectivity index (χ1) is 11.3. The number of nitrogens with zero attached hydrogens (tertiary/aromatic N) is 1. The van der Waals surface area contributed by atoms with Gasteiger partial charge in [0.2, 0.25) is 0 Å². The summed E-state index contributed by atoms with van der Waals surface area (Å²) in [6.45, 7) is 2.24. The largest absolute Gasteiger partial charge is 0.349 e. The monoisotopic (exact) mass is 310 g/mol. The Balaban J connectivity index is 1.34.